The van der Waals surface area contributed by atoms with Crippen LogP contribution in [0.2, 0.25) is 0 Å². The molecule has 0 bridgehead atoms. The zero-order chi connectivity index (χ0) is 11.2. The van der Waals surface area contributed by atoms with E-state index in [0.29, 0.717) is 26.4 Å². The molecule has 92 valence electrons. The molecule has 1 aliphatic rings. The summed E-state index contributed by atoms with van der Waals surface area (Å²) in [6.07, 6.45) is 2.61. The molecule has 1 rings (SSSR count). The van der Waals surface area contributed by atoms with Crippen LogP contribution in [0.4, 0.5) is 0 Å². The van der Waals surface area contributed by atoms with E-state index in [0.717, 1.165) is 19.3 Å². The molecule has 1 N–H and O–H groups in total. The maximum absolute atomic E-state index is 10.3. The van der Waals surface area contributed by atoms with E-state index in [-0.39, 0.29) is 0 Å². The van der Waals surface area contributed by atoms with Gasteiger partial charge >= 0.3 is 90.3 Å². The van der Waals surface area contributed by atoms with Gasteiger partial charge in [0.05, 0.1) is 0 Å². The Bertz CT molecular complexity index is 193. The van der Waals surface area contributed by atoms with Gasteiger partial charge in [0.1, 0.15) is 0 Å². The minimum absolute atomic E-state index is 0.324. The summed E-state index contributed by atoms with van der Waals surface area (Å²) in [6.45, 7) is 5.42. The molecule has 0 unspecified atom stereocenters. The molecule has 6 heteroatoms. The van der Waals surface area contributed by atoms with Crippen molar-refractivity contribution in [3.63, 3.8) is 0 Å². The van der Waals surface area contributed by atoms with E-state index in [1.54, 1.807) is 0 Å². The Kier molecular flexibility index (Phi) is 4.90. The van der Waals surface area contributed by atoms with Gasteiger partial charge in [-0.25, -0.2) is 0 Å². The quantitative estimate of drug-likeness (QED) is 0.547. The molecule has 5 nitrogen and oxygen atoms in total. The normalized spacial score (nSPS) is 25.9. The van der Waals surface area contributed by atoms with Gasteiger partial charge < -0.3 is 0 Å². The first kappa shape index (κ1) is 13.3. The number of hydrogen-bond acceptors (Lipinski definition) is 5. The van der Waals surface area contributed by atoms with Crippen molar-refractivity contribution in [2.75, 3.05) is 26.4 Å². The summed E-state index contributed by atoms with van der Waals surface area (Å²) in [7, 11) is -4.16. The van der Waals surface area contributed by atoms with Gasteiger partial charge in [0, 0.05) is 0 Å². The van der Waals surface area contributed by atoms with E-state index in [1.165, 1.54) is 0 Å². The molecule has 1 fully saturated rings. The second-order valence-electron chi connectivity index (χ2n) is 3.46. The number of rotatable bonds is 7. The number of hydrogen-bond donors (Lipinski definition) is 1. The van der Waals surface area contributed by atoms with Crippen LogP contribution in [0.1, 0.15) is 33.1 Å². The summed E-state index contributed by atoms with van der Waals surface area (Å²) < 4.78 is 21.0. The van der Waals surface area contributed by atoms with Crippen LogP contribution >= 0.6 is 7.74 Å². The summed E-state index contributed by atoms with van der Waals surface area (Å²) in [5, 5.41) is 0. The van der Waals surface area contributed by atoms with E-state index in [9.17, 15) is 4.89 Å². The van der Waals surface area contributed by atoms with Gasteiger partial charge in [0.25, 0.3) is 0 Å². The van der Waals surface area contributed by atoms with Crippen LogP contribution in [0.25, 0.3) is 0 Å². The Balaban J connectivity index is 2.51. The predicted molar refractivity (Wildman–Crippen MR) is 58.1 cm³/mol. The summed E-state index contributed by atoms with van der Waals surface area (Å²) in [4.78, 5) is 10.3. The van der Waals surface area contributed by atoms with Crippen molar-refractivity contribution in [2.45, 2.75) is 33.1 Å². The van der Waals surface area contributed by atoms with E-state index in [2.05, 4.69) is 0 Å². The molecule has 15 heavy (non-hydrogen) atoms. The minimum atomic E-state index is -4.16. The van der Waals surface area contributed by atoms with Crippen LogP contribution in [0, 0.1) is 0 Å². The standard InChI is InChI=1S/C9H21O5P/c1-3-5-7-12-15(10,11-6-4-2)13-8-9-14-15/h10H,3-9H2,1-2H3. The second-order valence-corrected chi connectivity index (χ2v) is 6.04. The third-order valence-corrected chi connectivity index (χ3v) is 4.47. The molecule has 0 aliphatic carbocycles. The zero-order valence-electron chi connectivity index (χ0n) is 9.48. The molecular formula is C9H21O5P. The van der Waals surface area contributed by atoms with Crippen LogP contribution in [0.5, 0.6) is 0 Å². The summed E-state index contributed by atoms with van der Waals surface area (Å²) in [5.41, 5.74) is 0. The Morgan fingerprint density at radius 1 is 1.07 bits per heavy atom. The van der Waals surface area contributed by atoms with Crippen LogP contribution in [0.3, 0.4) is 0 Å². The van der Waals surface area contributed by atoms with E-state index < -0.39 is 7.74 Å². The molecule has 0 aromatic rings. The summed E-state index contributed by atoms with van der Waals surface area (Å²) in [6, 6.07) is 0. The molecule has 0 spiro atoms. The molecule has 0 atom stereocenters. The average molecular weight is 240 g/mol. The molecule has 0 aromatic carbocycles. The van der Waals surface area contributed by atoms with Crippen LogP contribution in [0.15, 0.2) is 0 Å². The van der Waals surface area contributed by atoms with Crippen LogP contribution < -0.4 is 0 Å². The molecule has 1 saturated heterocycles. The first-order valence-electron chi connectivity index (χ1n) is 5.50. The van der Waals surface area contributed by atoms with Crippen LogP contribution in [-0.2, 0) is 18.1 Å². The fraction of sp³-hybridized carbons (Fsp3) is 1.00. The molecule has 0 radical (unpaired) electrons. The van der Waals surface area contributed by atoms with Gasteiger partial charge in [0.15, 0.2) is 0 Å². The third kappa shape index (κ3) is 3.63. The van der Waals surface area contributed by atoms with E-state index >= 15 is 0 Å². The van der Waals surface area contributed by atoms with Crippen molar-refractivity contribution in [1.82, 2.24) is 0 Å². The van der Waals surface area contributed by atoms with Crippen molar-refractivity contribution in [3.8, 4) is 0 Å². The van der Waals surface area contributed by atoms with Gasteiger partial charge in [-0.15, -0.1) is 0 Å². The van der Waals surface area contributed by atoms with Gasteiger partial charge in [-0.3, -0.25) is 0 Å². The van der Waals surface area contributed by atoms with Gasteiger partial charge in [-0.2, -0.15) is 0 Å². The topological polar surface area (TPSA) is 57.2 Å². The third-order valence-electron chi connectivity index (χ3n) is 2.01. The molecule has 0 saturated carbocycles. The first-order valence-corrected chi connectivity index (χ1v) is 7.36. The van der Waals surface area contributed by atoms with Crippen molar-refractivity contribution < 1.29 is 23.0 Å². The van der Waals surface area contributed by atoms with Crippen molar-refractivity contribution in [3.05, 3.63) is 0 Å². The molecule has 0 amide bonds. The van der Waals surface area contributed by atoms with Gasteiger partial charge in [-0.05, 0) is 0 Å². The Hall–Kier alpha value is 0.230. The first-order chi connectivity index (χ1) is 7.13. The second kappa shape index (κ2) is 5.53. The monoisotopic (exact) mass is 240 g/mol. The van der Waals surface area contributed by atoms with Crippen molar-refractivity contribution in [2.24, 2.45) is 0 Å². The molecule has 1 heterocycles. The molecular weight excluding hydrogens is 219 g/mol. The molecule has 0 aromatic heterocycles. The fourth-order valence-electron chi connectivity index (χ4n) is 1.21. The van der Waals surface area contributed by atoms with E-state index in [1.807, 2.05) is 13.8 Å². The Labute approximate surface area is 91.0 Å². The van der Waals surface area contributed by atoms with Gasteiger partial charge in [0.2, 0.25) is 0 Å². The Morgan fingerprint density at radius 2 is 1.67 bits per heavy atom. The van der Waals surface area contributed by atoms with E-state index in [4.69, 9.17) is 18.1 Å². The molecule has 1 aliphatic heterocycles. The van der Waals surface area contributed by atoms with Gasteiger partial charge in [-0.1, -0.05) is 0 Å². The SMILES string of the molecule is CCCCOP1(O)(OCCC)OCCO1. The zero-order valence-corrected chi connectivity index (χ0v) is 10.4. The van der Waals surface area contributed by atoms with Crippen LogP contribution in [-0.4, -0.2) is 31.3 Å². The summed E-state index contributed by atoms with van der Waals surface area (Å²) >= 11 is 0. The fourth-order valence-corrected chi connectivity index (χ4v) is 3.34. The predicted octanol–water partition coefficient (Wildman–Crippen LogP) is 2.40. The maximum atomic E-state index is 10.3. The number of unbranched alkanes of at least 4 members (excludes halogenated alkanes) is 1. The average Bonchev–Trinajstić information content (AvgIpc) is 2.61. The summed E-state index contributed by atoms with van der Waals surface area (Å²) in [5.74, 6) is 0. The van der Waals surface area contributed by atoms with Crippen molar-refractivity contribution >= 4 is 7.74 Å². The Morgan fingerprint density at radius 3 is 2.20 bits per heavy atom. The van der Waals surface area contributed by atoms with Crippen molar-refractivity contribution in [1.29, 1.82) is 0 Å².